The number of benzene rings is 1. The largest absolute Gasteiger partial charge is 0.393 e. The van der Waals surface area contributed by atoms with Crippen molar-refractivity contribution in [2.24, 2.45) is 0 Å². The Morgan fingerprint density at radius 1 is 1.29 bits per heavy atom. The van der Waals surface area contributed by atoms with E-state index in [2.05, 4.69) is 0 Å². The highest BCUT2D eigenvalue weighted by Crippen LogP contribution is 2.13. The minimum atomic E-state index is -1.05. The van der Waals surface area contributed by atoms with E-state index in [1.165, 1.54) is 12.1 Å². The molecule has 0 heterocycles. The number of hydrogen-bond donors (Lipinski definition) is 2. The van der Waals surface area contributed by atoms with Gasteiger partial charge in [0.25, 0.3) is 0 Å². The fraction of sp³-hybridized carbons (Fsp3) is 0.455. The van der Waals surface area contributed by atoms with Gasteiger partial charge in [-0.1, -0.05) is 12.1 Å². The van der Waals surface area contributed by atoms with Crippen molar-refractivity contribution < 1.29 is 14.6 Å². The van der Waals surface area contributed by atoms with Gasteiger partial charge in [-0.2, -0.15) is 0 Å². The van der Waals surface area contributed by atoms with Gasteiger partial charge >= 0.3 is 0 Å². The molecule has 0 aliphatic heterocycles. The van der Waals surface area contributed by atoms with Gasteiger partial charge in [-0.3, -0.25) is 0 Å². The highest BCUT2D eigenvalue weighted by Gasteiger charge is 2.18. The van der Waals surface area contributed by atoms with Gasteiger partial charge in [0.2, 0.25) is 0 Å². The first-order valence-corrected chi connectivity index (χ1v) is 4.61. The molecule has 0 radical (unpaired) electrons. The second-order valence-electron chi connectivity index (χ2n) is 3.78. The zero-order chi connectivity index (χ0) is 10.6. The molecule has 0 fully saturated rings. The van der Waals surface area contributed by atoms with Crippen molar-refractivity contribution in [3.05, 3.63) is 35.6 Å². The Balaban J connectivity index is 2.50. The molecule has 0 aliphatic rings. The van der Waals surface area contributed by atoms with Crippen molar-refractivity contribution in [3.8, 4) is 0 Å². The fourth-order valence-electron chi connectivity index (χ4n) is 1.14. The molecule has 2 N–H and O–H groups in total. The average molecular weight is 198 g/mol. The molecule has 1 rings (SSSR count). The van der Waals surface area contributed by atoms with Crippen molar-refractivity contribution in [2.45, 2.75) is 25.4 Å². The lowest BCUT2D eigenvalue weighted by Crippen LogP contribution is -2.29. The van der Waals surface area contributed by atoms with E-state index in [4.69, 9.17) is 5.11 Å². The van der Waals surface area contributed by atoms with Gasteiger partial charge in [0, 0.05) is 0 Å². The summed E-state index contributed by atoms with van der Waals surface area (Å²) < 4.78 is 12.5. The summed E-state index contributed by atoms with van der Waals surface area (Å²) in [5, 5.41) is 18.3. The van der Waals surface area contributed by atoms with Crippen LogP contribution in [0, 0.1) is 5.82 Å². The van der Waals surface area contributed by atoms with Crippen LogP contribution in [0.5, 0.6) is 0 Å². The number of hydrogen-bond acceptors (Lipinski definition) is 2. The maximum absolute atomic E-state index is 12.5. The molecule has 1 aromatic rings. The van der Waals surface area contributed by atoms with Gasteiger partial charge in [-0.15, -0.1) is 0 Å². The molecule has 0 aliphatic carbocycles. The quantitative estimate of drug-likeness (QED) is 0.769. The van der Waals surface area contributed by atoms with Gasteiger partial charge in [-0.25, -0.2) is 4.39 Å². The van der Waals surface area contributed by atoms with E-state index in [1.54, 1.807) is 19.1 Å². The molecule has 1 aromatic carbocycles. The molecule has 0 spiro atoms. The second kappa shape index (κ2) is 4.53. The van der Waals surface area contributed by atoms with E-state index in [0.717, 1.165) is 5.56 Å². The lowest BCUT2D eigenvalue weighted by molar-refractivity contribution is -0.00474. The Bertz CT molecular complexity index is 280. The zero-order valence-electron chi connectivity index (χ0n) is 8.20. The van der Waals surface area contributed by atoms with Crippen LogP contribution in [-0.4, -0.2) is 22.4 Å². The molecule has 2 nitrogen and oxygen atoms in total. The molecular formula is C11H15FO2. The standard InChI is InChI=1S/C11H15FO2/c1-11(14,8-13)7-6-9-2-4-10(12)5-3-9/h2-5,13-14H,6-8H2,1H3. The molecule has 1 atom stereocenters. The van der Waals surface area contributed by atoms with Crippen molar-refractivity contribution in [1.82, 2.24) is 0 Å². The van der Waals surface area contributed by atoms with E-state index >= 15 is 0 Å². The van der Waals surface area contributed by atoms with Gasteiger partial charge in [-0.05, 0) is 37.5 Å². The zero-order valence-corrected chi connectivity index (χ0v) is 8.20. The van der Waals surface area contributed by atoms with E-state index < -0.39 is 5.60 Å². The summed E-state index contributed by atoms with van der Waals surface area (Å²) in [6.07, 6.45) is 1.10. The Hall–Kier alpha value is -0.930. The second-order valence-corrected chi connectivity index (χ2v) is 3.78. The number of aryl methyl sites for hydroxylation is 1. The predicted molar refractivity (Wildman–Crippen MR) is 52.4 cm³/mol. The summed E-state index contributed by atoms with van der Waals surface area (Å²) in [6, 6.07) is 6.15. The summed E-state index contributed by atoms with van der Waals surface area (Å²) in [4.78, 5) is 0. The number of halogens is 1. The summed E-state index contributed by atoms with van der Waals surface area (Å²) in [5.41, 5.74) is -0.0888. The third-order valence-corrected chi connectivity index (χ3v) is 2.21. The maximum Gasteiger partial charge on any atom is 0.123 e. The Morgan fingerprint density at radius 2 is 1.86 bits per heavy atom. The molecule has 0 bridgehead atoms. The molecule has 0 saturated carbocycles. The monoisotopic (exact) mass is 198 g/mol. The average Bonchev–Trinajstić information content (AvgIpc) is 2.17. The van der Waals surface area contributed by atoms with E-state index in [9.17, 15) is 9.50 Å². The third-order valence-electron chi connectivity index (χ3n) is 2.21. The van der Waals surface area contributed by atoms with Crippen LogP contribution < -0.4 is 0 Å². The van der Waals surface area contributed by atoms with Crippen LogP contribution in [0.2, 0.25) is 0 Å². The van der Waals surface area contributed by atoms with Crippen LogP contribution >= 0.6 is 0 Å². The van der Waals surface area contributed by atoms with Crippen molar-refractivity contribution in [2.75, 3.05) is 6.61 Å². The number of aliphatic hydroxyl groups excluding tert-OH is 1. The normalized spacial score (nSPS) is 15.1. The van der Waals surface area contributed by atoms with E-state index in [1.807, 2.05) is 0 Å². The van der Waals surface area contributed by atoms with Crippen molar-refractivity contribution in [3.63, 3.8) is 0 Å². The topological polar surface area (TPSA) is 40.5 Å². The summed E-state index contributed by atoms with van der Waals surface area (Å²) in [7, 11) is 0. The molecule has 0 aromatic heterocycles. The van der Waals surface area contributed by atoms with Crippen molar-refractivity contribution >= 4 is 0 Å². The Labute approximate surface area is 83.0 Å². The van der Waals surface area contributed by atoms with E-state index in [0.29, 0.717) is 12.8 Å². The maximum atomic E-state index is 12.5. The van der Waals surface area contributed by atoms with Gasteiger partial charge in [0.1, 0.15) is 5.82 Å². The third kappa shape index (κ3) is 3.44. The first kappa shape index (κ1) is 11.1. The molecule has 14 heavy (non-hydrogen) atoms. The minimum absolute atomic E-state index is 0.256. The van der Waals surface area contributed by atoms with Crippen LogP contribution in [0.25, 0.3) is 0 Å². The van der Waals surface area contributed by atoms with Crippen LogP contribution in [0.3, 0.4) is 0 Å². The molecule has 78 valence electrons. The number of aliphatic hydroxyl groups is 2. The van der Waals surface area contributed by atoms with Crippen LogP contribution in [0.1, 0.15) is 18.9 Å². The first-order valence-electron chi connectivity index (χ1n) is 4.61. The lowest BCUT2D eigenvalue weighted by Gasteiger charge is -2.19. The van der Waals surface area contributed by atoms with Crippen LogP contribution in [0.4, 0.5) is 4.39 Å². The molecule has 3 heteroatoms. The molecule has 0 saturated heterocycles. The van der Waals surface area contributed by atoms with Crippen LogP contribution in [0.15, 0.2) is 24.3 Å². The SMILES string of the molecule is CC(O)(CO)CCc1ccc(F)cc1. The summed E-state index contributed by atoms with van der Waals surface area (Å²) >= 11 is 0. The lowest BCUT2D eigenvalue weighted by atomic mass is 9.98. The molecule has 0 amide bonds. The highest BCUT2D eigenvalue weighted by molar-refractivity contribution is 5.16. The molecule has 1 unspecified atom stereocenters. The predicted octanol–water partition coefficient (Wildman–Crippen LogP) is 1.50. The highest BCUT2D eigenvalue weighted by atomic mass is 19.1. The fourth-order valence-corrected chi connectivity index (χ4v) is 1.14. The smallest absolute Gasteiger partial charge is 0.123 e. The minimum Gasteiger partial charge on any atom is -0.393 e. The first-order chi connectivity index (χ1) is 6.53. The summed E-state index contributed by atoms with van der Waals surface area (Å²) in [6.45, 7) is 1.32. The van der Waals surface area contributed by atoms with Crippen LogP contribution in [-0.2, 0) is 6.42 Å². The Kier molecular flexibility index (Phi) is 3.61. The summed E-state index contributed by atoms with van der Waals surface area (Å²) in [5.74, 6) is -0.261. The van der Waals surface area contributed by atoms with Crippen molar-refractivity contribution in [1.29, 1.82) is 0 Å². The van der Waals surface area contributed by atoms with E-state index in [-0.39, 0.29) is 12.4 Å². The van der Waals surface area contributed by atoms with Gasteiger partial charge < -0.3 is 10.2 Å². The molecular weight excluding hydrogens is 183 g/mol. The van der Waals surface area contributed by atoms with Gasteiger partial charge in [0.05, 0.1) is 12.2 Å². The number of rotatable bonds is 4. The Morgan fingerprint density at radius 3 is 2.36 bits per heavy atom. The van der Waals surface area contributed by atoms with Gasteiger partial charge in [0.15, 0.2) is 0 Å².